The molecule has 0 radical (unpaired) electrons. The van der Waals surface area contributed by atoms with Gasteiger partial charge in [-0.3, -0.25) is 4.79 Å². The third kappa shape index (κ3) is 6.86. The molecule has 1 rings (SSSR count). The third-order valence-corrected chi connectivity index (χ3v) is 3.32. The van der Waals surface area contributed by atoms with E-state index in [1.54, 1.807) is 0 Å². The molecule has 0 spiro atoms. The van der Waals surface area contributed by atoms with Gasteiger partial charge in [-0.25, -0.2) is 0 Å². The molecule has 0 aromatic rings. The maximum atomic E-state index is 11.4. The Bertz CT molecular complexity index is 189. The lowest BCUT2D eigenvalue weighted by Gasteiger charge is -2.13. The van der Waals surface area contributed by atoms with Gasteiger partial charge in [0, 0.05) is 6.42 Å². The third-order valence-electron chi connectivity index (χ3n) is 3.32. The fourth-order valence-corrected chi connectivity index (χ4v) is 2.28. The van der Waals surface area contributed by atoms with Crippen LogP contribution in [0.25, 0.3) is 0 Å². The van der Waals surface area contributed by atoms with Crippen LogP contribution >= 0.6 is 0 Å². The maximum absolute atomic E-state index is 11.4. The van der Waals surface area contributed by atoms with Gasteiger partial charge in [0.2, 0.25) is 0 Å². The van der Waals surface area contributed by atoms with Crippen LogP contribution in [0.5, 0.6) is 0 Å². The van der Waals surface area contributed by atoms with Gasteiger partial charge in [0.05, 0.1) is 6.10 Å². The van der Waals surface area contributed by atoms with Crippen molar-refractivity contribution >= 4 is 5.97 Å². The van der Waals surface area contributed by atoms with E-state index in [0.717, 1.165) is 12.8 Å². The van der Waals surface area contributed by atoms with Crippen LogP contribution in [0.15, 0.2) is 0 Å². The van der Waals surface area contributed by atoms with Crippen LogP contribution in [0.2, 0.25) is 0 Å². The Balaban J connectivity index is 2.23. The second-order valence-electron chi connectivity index (χ2n) is 5.02. The number of hydrogen-bond donors (Lipinski definition) is 0. The summed E-state index contributed by atoms with van der Waals surface area (Å²) < 4.78 is 5.36. The van der Waals surface area contributed by atoms with E-state index in [1.165, 1.54) is 51.4 Å². The summed E-state index contributed by atoms with van der Waals surface area (Å²) in [7, 11) is 0. The molecule has 94 valence electrons. The van der Waals surface area contributed by atoms with E-state index >= 15 is 0 Å². The van der Waals surface area contributed by atoms with Crippen molar-refractivity contribution in [3.05, 3.63) is 0 Å². The zero-order chi connectivity index (χ0) is 11.6. The standard InChI is InChI=1S/C14H26O2/c1-13-11-9-7-5-3-2-4-6-8-10-12-14(15)16-13/h13H,2-12H2,1H3/t13-/m0/s1. The number of ether oxygens (including phenoxy) is 1. The van der Waals surface area contributed by atoms with Crippen LogP contribution in [-0.2, 0) is 9.53 Å². The Kier molecular flexibility index (Phi) is 7.28. The normalized spacial score (nSPS) is 26.8. The van der Waals surface area contributed by atoms with E-state index in [1.807, 2.05) is 6.92 Å². The minimum absolute atomic E-state index is 0.00422. The van der Waals surface area contributed by atoms with Crippen LogP contribution < -0.4 is 0 Å². The van der Waals surface area contributed by atoms with E-state index < -0.39 is 0 Å². The molecule has 0 N–H and O–H groups in total. The van der Waals surface area contributed by atoms with Gasteiger partial charge in [-0.05, 0) is 26.2 Å². The van der Waals surface area contributed by atoms with Gasteiger partial charge in [-0.2, -0.15) is 0 Å². The highest BCUT2D eigenvalue weighted by Gasteiger charge is 2.09. The van der Waals surface area contributed by atoms with Crippen molar-refractivity contribution in [1.29, 1.82) is 0 Å². The highest BCUT2D eigenvalue weighted by molar-refractivity contribution is 5.69. The van der Waals surface area contributed by atoms with Gasteiger partial charge in [0.1, 0.15) is 0 Å². The topological polar surface area (TPSA) is 26.3 Å². The van der Waals surface area contributed by atoms with Crippen LogP contribution in [0, 0.1) is 0 Å². The van der Waals surface area contributed by atoms with Crippen LogP contribution in [0.3, 0.4) is 0 Å². The number of hydrogen-bond acceptors (Lipinski definition) is 2. The molecular formula is C14H26O2. The number of carbonyl (C=O) groups is 1. The van der Waals surface area contributed by atoms with Gasteiger partial charge in [-0.1, -0.05) is 44.9 Å². The highest BCUT2D eigenvalue weighted by Crippen LogP contribution is 2.14. The van der Waals surface area contributed by atoms with Crippen LogP contribution in [0.4, 0.5) is 0 Å². The largest absolute Gasteiger partial charge is 0.463 e. The minimum atomic E-state index is 0.00422. The molecule has 0 saturated carbocycles. The Labute approximate surface area is 99.8 Å². The molecule has 1 saturated heterocycles. The molecule has 1 atom stereocenters. The first kappa shape index (κ1) is 13.5. The lowest BCUT2D eigenvalue weighted by molar-refractivity contribution is -0.148. The molecule has 1 heterocycles. The Morgan fingerprint density at radius 2 is 1.38 bits per heavy atom. The molecule has 0 bridgehead atoms. The molecule has 1 aliphatic rings. The van der Waals surface area contributed by atoms with Crippen LogP contribution in [-0.4, -0.2) is 12.1 Å². The van der Waals surface area contributed by atoms with Crippen molar-refractivity contribution in [2.75, 3.05) is 0 Å². The predicted molar refractivity (Wildman–Crippen MR) is 66.3 cm³/mol. The first-order chi connectivity index (χ1) is 7.79. The number of cyclic esters (lactones) is 1. The summed E-state index contributed by atoms with van der Waals surface area (Å²) in [6, 6.07) is 0. The first-order valence-corrected chi connectivity index (χ1v) is 6.98. The van der Waals surface area contributed by atoms with E-state index in [9.17, 15) is 4.79 Å². The molecule has 0 aromatic heterocycles. The summed E-state index contributed by atoms with van der Waals surface area (Å²) in [6.07, 6.45) is 13.2. The lowest BCUT2D eigenvalue weighted by atomic mass is 10.0. The maximum Gasteiger partial charge on any atom is 0.306 e. The lowest BCUT2D eigenvalue weighted by Crippen LogP contribution is -2.14. The zero-order valence-electron chi connectivity index (χ0n) is 10.7. The van der Waals surface area contributed by atoms with Gasteiger partial charge >= 0.3 is 5.97 Å². The minimum Gasteiger partial charge on any atom is -0.463 e. The van der Waals surface area contributed by atoms with Crippen molar-refractivity contribution < 1.29 is 9.53 Å². The van der Waals surface area contributed by atoms with Crippen molar-refractivity contribution in [1.82, 2.24) is 0 Å². The SMILES string of the molecule is C[C@H]1CCCCCCCCCCCC(=O)O1. The molecule has 0 aliphatic carbocycles. The summed E-state index contributed by atoms with van der Waals surface area (Å²) in [5, 5.41) is 0. The van der Waals surface area contributed by atoms with Gasteiger partial charge in [0.15, 0.2) is 0 Å². The van der Waals surface area contributed by atoms with Crippen molar-refractivity contribution in [3.8, 4) is 0 Å². The fraction of sp³-hybridized carbons (Fsp3) is 0.929. The monoisotopic (exact) mass is 226 g/mol. The molecule has 1 aliphatic heterocycles. The molecule has 16 heavy (non-hydrogen) atoms. The highest BCUT2D eigenvalue weighted by atomic mass is 16.5. The fourth-order valence-electron chi connectivity index (χ4n) is 2.28. The molecule has 0 aromatic carbocycles. The molecule has 1 fully saturated rings. The molecule has 0 amide bonds. The summed E-state index contributed by atoms with van der Waals surface area (Å²) in [5.41, 5.74) is 0. The van der Waals surface area contributed by atoms with Crippen molar-refractivity contribution in [2.24, 2.45) is 0 Å². The smallest absolute Gasteiger partial charge is 0.306 e. The summed E-state index contributed by atoms with van der Waals surface area (Å²) >= 11 is 0. The molecule has 2 heteroatoms. The average molecular weight is 226 g/mol. The number of carbonyl (C=O) groups excluding carboxylic acids is 1. The Morgan fingerprint density at radius 3 is 2.00 bits per heavy atom. The van der Waals surface area contributed by atoms with E-state index in [4.69, 9.17) is 4.74 Å². The Morgan fingerprint density at radius 1 is 0.875 bits per heavy atom. The second kappa shape index (κ2) is 8.60. The zero-order valence-corrected chi connectivity index (χ0v) is 10.7. The van der Waals surface area contributed by atoms with E-state index in [0.29, 0.717) is 6.42 Å². The van der Waals surface area contributed by atoms with Gasteiger partial charge in [-0.15, -0.1) is 0 Å². The molecule has 0 unspecified atom stereocenters. The van der Waals surface area contributed by atoms with E-state index in [-0.39, 0.29) is 12.1 Å². The Hall–Kier alpha value is -0.530. The van der Waals surface area contributed by atoms with E-state index in [2.05, 4.69) is 0 Å². The predicted octanol–water partition coefficient (Wildman–Crippen LogP) is 4.22. The molecule has 2 nitrogen and oxygen atoms in total. The summed E-state index contributed by atoms with van der Waals surface area (Å²) in [6.45, 7) is 2.02. The summed E-state index contributed by atoms with van der Waals surface area (Å²) in [5.74, 6) is 0.00422. The average Bonchev–Trinajstić information content (AvgIpc) is 2.25. The summed E-state index contributed by atoms with van der Waals surface area (Å²) in [4.78, 5) is 11.4. The second-order valence-corrected chi connectivity index (χ2v) is 5.02. The van der Waals surface area contributed by atoms with Gasteiger partial charge in [0.25, 0.3) is 0 Å². The first-order valence-electron chi connectivity index (χ1n) is 6.98. The van der Waals surface area contributed by atoms with Crippen molar-refractivity contribution in [3.63, 3.8) is 0 Å². The quantitative estimate of drug-likeness (QED) is 0.578. The van der Waals surface area contributed by atoms with Crippen LogP contribution in [0.1, 0.15) is 77.6 Å². The molecular weight excluding hydrogens is 200 g/mol. The number of rotatable bonds is 0. The number of esters is 1. The van der Waals surface area contributed by atoms with Gasteiger partial charge < -0.3 is 4.74 Å². The van der Waals surface area contributed by atoms with Crippen molar-refractivity contribution in [2.45, 2.75) is 83.7 Å².